The van der Waals surface area contributed by atoms with Crippen molar-refractivity contribution in [3.63, 3.8) is 0 Å². The number of thioether (sulfide) groups is 1. The second kappa shape index (κ2) is 7.58. The third kappa shape index (κ3) is 4.55. The van der Waals surface area contributed by atoms with Crippen LogP contribution >= 0.6 is 23.1 Å². The number of carboxylic acid groups (broad SMARTS) is 1. The van der Waals surface area contributed by atoms with E-state index in [4.69, 9.17) is 9.84 Å². The Morgan fingerprint density at radius 1 is 1.52 bits per heavy atom. The van der Waals surface area contributed by atoms with Gasteiger partial charge < -0.3 is 9.84 Å². The Bertz CT molecular complexity index is 582. The monoisotopic (exact) mass is 327 g/mol. The van der Waals surface area contributed by atoms with E-state index in [1.807, 2.05) is 35.9 Å². The molecule has 2 heterocycles. The molecule has 0 saturated carbocycles. The molecule has 0 unspecified atom stereocenters. The lowest BCUT2D eigenvalue weighted by Gasteiger charge is -2.11. The van der Waals surface area contributed by atoms with Gasteiger partial charge in [0.05, 0.1) is 29.9 Å². The summed E-state index contributed by atoms with van der Waals surface area (Å²) < 4.78 is 7.49. The number of nitrogens with zero attached hydrogens (tertiary/aromatic N) is 3. The normalized spacial score (nSPS) is 11.2. The van der Waals surface area contributed by atoms with Gasteiger partial charge in [-0.05, 0) is 25.3 Å². The van der Waals surface area contributed by atoms with E-state index in [1.165, 1.54) is 11.8 Å². The van der Waals surface area contributed by atoms with Crippen molar-refractivity contribution in [2.24, 2.45) is 0 Å². The van der Waals surface area contributed by atoms with Gasteiger partial charge in [-0.25, -0.2) is 0 Å². The van der Waals surface area contributed by atoms with Crippen LogP contribution in [0.3, 0.4) is 0 Å². The summed E-state index contributed by atoms with van der Waals surface area (Å²) in [6.07, 6.45) is 0.154. The Labute approximate surface area is 131 Å². The average Bonchev–Trinajstić information content (AvgIpc) is 3.04. The maximum absolute atomic E-state index is 10.7. The molecule has 21 heavy (non-hydrogen) atoms. The zero-order valence-electron chi connectivity index (χ0n) is 11.9. The zero-order chi connectivity index (χ0) is 15.2. The number of aliphatic carboxylic acids is 1. The van der Waals surface area contributed by atoms with E-state index in [9.17, 15) is 4.79 Å². The molecule has 0 bridgehead atoms. The Morgan fingerprint density at radius 2 is 2.33 bits per heavy atom. The van der Waals surface area contributed by atoms with Crippen LogP contribution < -0.4 is 0 Å². The molecule has 114 valence electrons. The van der Waals surface area contributed by atoms with E-state index >= 15 is 0 Å². The van der Waals surface area contributed by atoms with Gasteiger partial charge >= 0.3 is 5.97 Å². The van der Waals surface area contributed by atoms with Crippen molar-refractivity contribution in [2.45, 2.75) is 31.7 Å². The molecule has 0 spiro atoms. The predicted molar refractivity (Wildman–Crippen MR) is 82.8 cm³/mol. The van der Waals surface area contributed by atoms with Crippen molar-refractivity contribution in [1.29, 1.82) is 0 Å². The van der Waals surface area contributed by atoms with Crippen LogP contribution in [-0.4, -0.2) is 44.3 Å². The Balaban J connectivity index is 2.18. The van der Waals surface area contributed by atoms with Crippen LogP contribution in [0.15, 0.2) is 22.7 Å². The summed E-state index contributed by atoms with van der Waals surface area (Å²) in [6, 6.07) is 3.92. The fraction of sp³-hybridized carbons (Fsp3) is 0.462. The molecule has 0 amide bonds. The van der Waals surface area contributed by atoms with E-state index in [0.717, 1.165) is 10.7 Å². The molecule has 2 aromatic rings. The summed E-state index contributed by atoms with van der Waals surface area (Å²) in [5, 5.41) is 19.7. The molecule has 2 aromatic heterocycles. The number of thiophene rings is 1. The minimum absolute atomic E-state index is 0.0341. The van der Waals surface area contributed by atoms with Gasteiger partial charge in [0.15, 0.2) is 11.0 Å². The molecule has 0 fully saturated rings. The minimum atomic E-state index is -0.870. The van der Waals surface area contributed by atoms with E-state index < -0.39 is 5.97 Å². The van der Waals surface area contributed by atoms with Gasteiger partial charge in [0.25, 0.3) is 0 Å². The number of aromatic nitrogens is 3. The second-order valence-corrected chi connectivity index (χ2v) is 6.43. The highest BCUT2D eigenvalue weighted by atomic mass is 32.2. The van der Waals surface area contributed by atoms with Gasteiger partial charge in [-0.1, -0.05) is 17.8 Å². The zero-order valence-corrected chi connectivity index (χ0v) is 13.5. The summed E-state index contributed by atoms with van der Waals surface area (Å²) in [5.41, 5.74) is 0. The van der Waals surface area contributed by atoms with Crippen LogP contribution in [-0.2, 0) is 16.1 Å². The van der Waals surface area contributed by atoms with Gasteiger partial charge in [0, 0.05) is 0 Å². The number of carboxylic acids is 1. The molecule has 0 atom stereocenters. The maximum Gasteiger partial charge on any atom is 0.313 e. The molecular formula is C13H17N3O3S2. The lowest BCUT2D eigenvalue weighted by atomic mass is 10.4. The third-order valence-electron chi connectivity index (χ3n) is 2.55. The quantitative estimate of drug-likeness (QED) is 0.751. The van der Waals surface area contributed by atoms with E-state index in [-0.39, 0.29) is 11.9 Å². The molecule has 2 rings (SSSR count). The molecule has 0 aromatic carbocycles. The van der Waals surface area contributed by atoms with Gasteiger partial charge in [-0.3, -0.25) is 9.36 Å². The number of hydrogen-bond donors (Lipinski definition) is 1. The second-order valence-electron chi connectivity index (χ2n) is 4.54. The molecule has 0 aliphatic carbocycles. The van der Waals surface area contributed by atoms with Crippen molar-refractivity contribution in [3.8, 4) is 10.7 Å². The Morgan fingerprint density at radius 3 is 2.95 bits per heavy atom. The van der Waals surface area contributed by atoms with E-state index in [0.29, 0.717) is 18.3 Å². The van der Waals surface area contributed by atoms with Gasteiger partial charge in [-0.15, -0.1) is 21.5 Å². The highest BCUT2D eigenvalue weighted by Crippen LogP contribution is 2.27. The molecule has 8 heteroatoms. The molecule has 1 N–H and O–H groups in total. The molecule has 0 radical (unpaired) electrons. The predicted octanol–water partition coefficient (Wildman–Crippen LogP) is 2.61. The van der Waals surface area contributed by atoms with Crippen molar-refractivity contribution in [1.82, 2.24) is 14.8 Å². The largest absolute Gasteiger partial charge is 0.481 e. The van der Waals surface area contributed by atoms with Crippen molar-refractivity contribution < 1.29 is 14.6 Å². The molecule has 6 nitrogen and oxygen atoms in total. The summed E-state index contributed by atoms with van der Waals surface area (Å²) in [4.78, 5) is 11.7. The number of hydrogen-bond acceptors (Lipinski definition) is 6. The van der Waals surface area contributed by atoms with Crippen LogP contribution in [0.4, 0.5) is 0 Å². The van der Waals surface area contributed by atoms with Crippen LogP contribution in [0.5, 0.6) is 0 Å². The van der Waals surface area contributed by atoms with E-state index in [1.54, 1.807) is 11.3 Å². The first-order chi connectivity index (χ1) is 10.1. The molecular weight excluding hydrogens is 310 g/mol. The summed E-state index contributed by atoms with van der Waals surface area (Å²) in [5.74, 6) is -0.149. The first kappa shape index (κ1) is 16.0. The van der Waals surface area contributed by atoms with Gasteiger partial charge in [0.1, 0.15) is 0 Å². The Hall–Kier alpha value is -1.38. The van der Waals surface area contributed by atoms with Crippen molar-refractivity contribution >= 4 is 29.1 Å². The molecule has 0 saturated heterocycles. The number of carbonyl (C=O) groups is 1. The number of rotatable bonds is 8. The standard InChI is InChI=1S/C13H17N3O3S2/c1-9(2)19-6-5-16-12(10-4-3-7-20-10)14-15-13(16)21-8-11(17)18/h3-4,7,9H,5-6,8H2,1-2H3,(H,17,18). The van der Waals surface area contributed by atoms with Gasteiger partial charge in [0.2, 0.25) is 0 Å². The topological polar surface area (TPSA) is 77.2 Å². The highest BCUT2D eigenvalue weighted by Gasteiger charge is 2.16. The smallest absolute Gasteiger partial charge is 0.313 e. The first-order valence-corrected chi connectivity index (χ1v) is 8.37. The maximum atomic E-state index is 10.7. The minimum Gasteiger partial charge on any atom is -0.481 e. The molecule has 0 aliphatic rings. The summed E-state index contributed by atoms with van der Waals surface area (Å²) in [6.45, 7) is 5.09. The lowest BCUT2D eigenvalue weighted by Crippen LogP contribution is -2.12. The molecule has 0 aliphatic heterocycles. The first-order valence-electron chi connectivity index (χ1n) is 6.51. The fourth-order valence-corrected chi connectivity index (χ4v) is 3.09. The third-order valence-corrected chi connectivity index (χ3v) is 4.37. The lowest BCUT2D eigenvalue weighted by molar-refractivity contribution is -0.133. The van der Waals surface area contributed by atoms with Crippen LogP contribution in [0.2, 0.25) is 0 Å². The van der Waals surface area contributed by atoms with Gasteiger partial charge in [-0.2, -0.15) is 0 Å². The van der Waals surface area contributed by atoms with Crippen molar-refractivity contribution in [3.05, 3.63) is 17.5 Å². The SMILES string of the molecule is CC(C)OCCn1c(SCC(=O)O)nnc1-c1cccs1. The summed E-state index contributed by atoms with van der Waals surface area (Å²) in [7, 11) is 0. The summed E-state index contributed by atoms with van der Waals surface area (Å²) >= 11 is 2.75. The van der Waals surface area contributed by atoms with Crippen LogP contribution in [0.25, 0.3) is 10.7 Å². The van der Waals surface area contributed by atoms with Crippen LogP contribution in [0.1, 0.15) is 13.8 Å². The highest BCUT2D eigenvalue weighted by molar-refractivity contribution is 7.99. The Kier molecular flexibility index (Phi) is 5.77. The van der Waals surface area contributed by atoms with E-state index in [2.05, 4.69) is 10.2 Å². The number of ether oxygens (including phenoxy) is 1. The fourth-order valence-electron chi connectivity index (χ4n) is 1.69. The van der Waals surface area contributed by atoms with Crippen molar-refractivity contribution in [2.75, 3.05) is 12.4 Å². The van der Waals surface area contributed by atoms with Crippen LogP contribution in [0, 0.1) is 0 Å². The average molecular weight is 327 g/mol.